The molecule has 0 bridgehead atoms. The Bertz CT molecular complexity index is 1390. The highest BCUT2D eigenvalue weighted by Crippen LogP contribution is 2.35. The number of hydrogen-bond acceptors (Lipinski definition) is 3. The molecule has 0 saturated carbocycles. The van der Waals surface area contributed by atoms with Crippen LogP contribution in [0.5, 0.6) is 5.75 Å². The third-order valence-electron chi connectivity index (χ3n) is 5.68. The molecular formula is C33H30IO3S+. The zero-order valence-corrected chi connectivity index (χ0v) is 24.9. The maximum Gasteiger partial charge on any atom is 0.345 e. The van der Waals surface area contributed by atoms with Gasteiger partial charge in [-0.25, -0.2) is 4.79 Å². The van der Waals surface area contributed by atoms with Crippen molar-refractivity contribution < 1.29 is 14.3 Å². The molecule has 4 aromatic rings. The Labute approximate surface area is 242 Å². The average Bonchev–Trinajstić information content (AvgIpc) is 2.89. The van der Waals surface area contributed by atoms with Crippen LogP contribution in [0.25, 0.3) is 0 Å². The molecule has 0 N–H and O–H groups in total. The Morgan fingerprint density at radius 2 is 1.34 bits per heavy atom. The van der Waals surface area contributed by atoms with Crippen LogP contribution in [0.2, 0.25) is 0 Å². The van der Waals surface area contributed by atoms with E-state index in [1.807, 2.05) is 50.2 Å². The predicted molar refractivity (Wildman–Crippen MR) is 163 cm³/mol. The summed E-state index contributed by atoms with van der Waals surface area (Å²) in [7, 11) is -0.252. The van der Waals surface area contributed by atoms with Crippen LogP contribution < -0.4 is 4.74 Å². The first-order valence-electron chi connectivity index (χ1n) is 12.3. The van der Waals surface area contributed by atoms with Crippen molar-refractivity contribution in [2.24, 2.45) is 0 Å². The zero-order valence-electron chi connectivity index (χ0n) is 22.0. The van der Waals surface area contributed by atoms with Crippen molar-refractivity contribution in [3.8, 4) is 17.6 Å². The van der Waals surface area contributed by atoms with Crippen LogP contribution in [0, 0.1) is 29.3 Å². The number of carbonyl (C=O) groups excluding carboxylic acids is 1. The highest BCUT2D eigenvalue weighted by molar-refractivity contribution is 14.1. The summed E-state index contributed by atoms with van der Waals surface area (Å²) < 4.78 is 12.7. The van der Waals surface area contributed by atoms with E-state index in [2.05, 4.69) is 95.1 Å². The van der Waals surface area contributed by atoms with Crippen molar-refractivity contribution in [3.63, 3.8) is 0 Å². The number of rotatable bonds is 7. The van der Waals surface area contributed by atoms with Crippen LogP contribution in [0.15, 0.2) is 112 Å². The summed E-state index contributed by atoms with van der Waals surface area (Å²) in [5.41, 5.74) is 1.91. The lowest BCUT2D eigenvalue weighted by Crippen LogP contribution is -2.29. The van der Waals surface area contributed by atoms with Gasteiger partial charge in [0, 0.05) is 21.3 Å². The molecule has 5 heteroatoms. The molecule has 0 saturated heterocycles. The molecule has 0 fully saturated rings. The molecule has 0 aliphatic carbocycles. The number of esters is 1. The van der Waals surface area contributed by atoms with Gasteiger partial charge in [-0.2, -0.15) is 0 Å². The van der Waals surface area contributed by atoms with Gasteiger partial charge >= 0.3 is 5.97 Å². The number of aryl methyl sites for hydroxylation is 2. The first-order valence-corrected chi connectivity index (χ1v) is 14.6. The summed E-state index contributed by atoms with van der Waals surface area (Å²) in [6.07, 6.45) is 0. The topological polar surface area (TPSA) is 35.5 Å². The van der Waals surface area contributed by atoms with E-state index in [4.69, 9.17) is 9.47 Å². The van der Waals surface area contributed by atoms with Crippen LogP contribution in [-0.2, 0) is 20.4 Å². The van der Waals surface area contributed by atoms with Gasteiger partial charge in [-0.05, 0) is 110 Å². The predicted octanol–water partition coefficient (Wildman–Crippen LogP) is 7.76. The van der Waals surface area contributed by atoms with Gasteiger partial charge in [-0.15, -0.1) is 0 Å². The van der Waals surface area contributed by atoms with E-state index in [1.165, 1.54) is 14.7 Å². The van der Waals surface area contributed by atoms with Gasteiger partial charge in [0.05, 0.1) is 10.9 Å². The van der Waals surface area contributed by atoms with Crippen molar-refractivity contribution >= 4 is 39.5 Å². The maximum absolute atomic E-state index is 12.6. The molecule has 0 spiro atoms. The van der Waals surface area contributed by atoms with Gasteiger partial charge in [0.2, 0.25) is 0 Å². The summed E-state index contributed by atoms with van der Waals surface area (Å²) >= 11 is 2.25. The molecule has 0 radical (unpaired) electrons. The molecular weight excluding hydrogens is 603 g/mol. The Morgan fingerprint density at radius 1 is 0.816 bits per heavy atom. The van der Waals surface area contributed by atoms with E-state index >= 15 is 0 Å². The number of carbonyl (C=O) groups is 1. The number of benzene rings is 4. The molecule has 4 rings (SSSR count). The first-order chi connectivity index (χ1) is 18.2. The smallest absolute Gasteiger partial charge is 0.345 e. The molecule has 0 aliphatic rings. The molecule has 0 unspecified atom stereocenters. The van der Waals surface area contributed by atoms with Gasteiger partial charge in [0.15, 0.2) is 26.9 Å². The molecule has 192 valence electrons. The summed E-state index contributed by atoms with van der Waals surface area (Å²) in [4.78, 5) is 16.4. The van der Waals surface area contributed by atoms with Crippen molar-refractivity contribution in [1.29, 1.82) is 0 Å². The van der Waals surface area contributed by atoms with E-state index < -0.39 is 11.6 Å². The Hall–Kier alpha value is -3.21. The number of hydrogen-bond donors (Lipinski definition) is 0. The maximum atomic E-state index is 12.6. The highest BCUT2D eigenvalue weighted by atomic mass is 127. The van der Waals surface area contributed by atoms with Crippen LogP contribution in [0.1, 0.15) is 30.5 Å². The number of halogens is 1. The number of ether oxygens (including phenoxy) is 2. The summed E-state index contributed by atoms with van der Waals surface area (Å²) in [6, 6.07) is 33.3. The largest absolute Gasteiger partial charge is 0.481 e. The Kier molecular flexibility index (Phi) is 9.19. The molecule has 3 nitrogen and oxygen atoms in total. The van der Waals surface area contributed by atoms with Crippen LogP contribution in [0.3, 0.4) is 0 Å². The lowest BCUT2D eigenvalue weighted by molar-refractivity contribution is -0.154. The fourth-order valence-corrected chi connectivity index (χ4v) is 6.63. The van der Waals surface area contributed by atoms with Crippen molar-refractivity contribution in [1.82, 2.24) is 0 Å². The molecule has 0 aliphatic heterocycles. The van der Waals surface area contributed by atoms with Crippen LogP contribution >= 0.6 is 22.6 Å². The van der Waals surface area contributed by atoms with Gasteiger partial charge in [-0.1, -0.05) is 48.2 Å². The van der Waals surface area contributed by atoms with Gasteiger partial charge in [0.25, 0.3) is 0 Å². The third-order valence-corrected chi connectivity index (χ3v) is 8.60. The minimum Gasteiger partial charge on any atom is -0.481 e. The summed E-state index contributed by atoms with van der Waals surface area (Å²) in [5, 5.41) is 0. The highest BCUT2D eigenvalue weighted by Gasteiger charge is 2.30. The van der Waals surface area contributed by atoms with E-state index in [0.717, 1.165) is 20.3 Å². The van der Waals surface area contributed by atoms with Crippen molar-refractivity contribution in [2.45, 2.75) is 48.0 Å². The normalized spacial score (nSPS) is 11.0. The fourth-order valence-electron chi connectivity index (χ4n) is 4.00. The average molecular weight is 634 g/mol. The monoisotopic (exact) mass is 633 g/mol. The zero-order chi connectivity index (χ0) is 27.1. The summed E-state index contributed by atoms with van der Waals surface area (Å²) in [6.45, 7) is 7.42. The van der Waals surface area contributed by atoms with Gasteiger partial charge in [-0.3, -0.25) is 0 Å². The molecule has 0 amide bonds. The summed E-state index contributed by atoms with van der Waals surface area (Å²) in [5.74, 6) is 6.38. The Balaban J connectivity index is 1.48. The van der Waals surface area contributed by atoms with Gasteiger partial charge in [0.1, 0.15) is 5.75 Å². The van der Waals surface area contributed by atoms with Crippen LogP contribution in [0.4, 0.5) is 0 Å². The second-order valence-corrected chi connectivity index (χ2v) is 12.6. The molecule has 38 heavy (non-hydrogen) atoms. The van der Waals surface area contributed by atoms with Crippen molar-refractivity contribution in [3.05, 3.63) is 117 Å². The van der Waals surface area contributed by atoms with E-state index in [-0.39, 0.29) is 17.5 Å². The molecule has 0 atom stereocenters. The van der Waals surface area contributed by atoms with Crippen molar-refractivity contribution in [2.75, 3.05) is 6.61 Å². The molecule has 0 heterocycles. The minimum atomic E-state index is -0.933. The second-order valence-electron chi connectivity index (χ2n) is 9.35. The first kappa shape index (κ1) is 27.8. The standard InChI is InChI=1S/C33H30IO3S/c1-24-21-30(38(28-11-7-5-8-12-28)29-13-9-6-10-14-29)22-25(2)32(24)36-23-31(35)37-33(3,4)20-19-26-15-17-27(34)18-16-26/h5-18,21-22H,23H2,1-4H3/q+1. The van der Waals surface area contributed by atoms with E-state index in [0.29, 0.717) is 5.75 Å². The quantitative estimate of drug-likeness (QED) is 0.0904. The molecule has 4 aromatic carbocycles. The minimum absolute atomic E-state index is 0.182. The molecule has 0 aromatic heterocycles. The van der Waals surface area contributed by atoms with Gasteiger partial charge < -0.3 is 9.47 Å². The second kappa shape index (κ2) is 12.6. The SMILES string of the molecule is Cc1cc([S+](c2ccccc2)c2ccccc2)cc(C)c1OCC(=O)OC(C)(C)C#Cc1ccc(I)cc1. The third kappa shape index (κ3) is 7.43. The Morgan fingerprint density at radius 3 is 1.87 bits per heavy atom. The van der Waals surface area contributed by atoms with E-state index in [9.17, 15) is 4.79 Å². The fraction of sp³-hybridized carbons (Fsp3) is 0.182. The van der Waals surface area contributed by atoms with E-state index in [1.54, 1.807) is 13.8 Å². The lowest BCUT2D eigenvalue weighted by Gasteiger charge is -2.20. The lowest BCUT2D eigenvalue weighted by atomic mass is 10.1. The van der Waals surface area contributed by atoms with Crippen LogP contribution in [-0.4, -0.2) is 18.2 Å².